The molecule has 0 aliphatic heterocycles. The van der Waals surface area contributed by atoms with Crippen molar-refractivity contribution >= 4 is 22.4 Å². The third-order valence-electron chi connectivity index (χ3n) is 5.02. The normalized spacial score (nSPS) is 13.1. The Bertz CT molecular complexity index is 1220. The predicted octanol–water partition coefficient (Wildman–Crippen LogP) is 3.75. The number of aliphatic hydroxyl groups is 1. The van der Waals surface area contributed by atoms with Gasteiger partial charge >= 0.3 is 0 Å². The van der Waals surface area contributed by atoms with E-state index in [2.05, 4.69) is 25.0 Å². The van der Waals surface area contributed by atoms with E-state index in [0.29, 0.717) is 30.1 Å². The smallest absolute Gasteiger partial charge is 0.198 e. The van der Waals surface area contributed by atoms with Gasteiger partial charge in [-0.05, 0) is 44.9 Å². The second-order valence-electron chi connectivity index (χ2n) is 7.43. The van der Waals surface area contributed by atoms with Crippen molar-refractivity contribution in [2.45, 2.75) is 39.8 Å². The van der Waals surface area contributed by atoms with E-state index >= 15 is 0 Å². The molecule has 1 atom stereocenters. The van der Waals surface area contributed by atoms with Crippen molar-refractivity contribution in [1.29, 1.82) is 0 Å². The number of hydrogen-bond donors (Lipinski definition) is 3. The monoisotopic (exact) mass is 404 g/mol. The summed E-state index contributed by atoms with van der Waals surface area (Å²) >= 11 is 0. The van der Waals surface area contributed by atoms with Crippen molar-refractivity contribution in [1.82, 2.24) is 24.7 Å². The van der Waals surface area contributed by atoms with Gasteiger partial charge in [0.15, 0.2) is 11.7 Å². The van der Waals surface area contributed by atoms with Crippen LogP contribution in [0.3, 0.4) is 0 Å². The molecule has 154 valence electrons. The predicted molar refractivity (Wildman–Crippen MR) is 116 cm³/mol. The minimum absolute atomic E-state index is 0.0432. The summed E-state index contributed by atoms with van der Waals surface area (Å²) in [5.74, 6) is 0.589. The Labute approximate surface area is 174 Å². The van der Waals surface area contributed by atoms with Crippen molar-refractivity contribution in [2.75, 3.05) is 0 Å². The van der Waals surface area contributed by atoms with E-state index < -0.39 is 0 Å². The summed E-state index contributed by atoms with van der Waals surface area (Å²) in [5, 5.41) is 25.2. The molecule has 0 saturated carbocycles. The van der Waals surface area contributed by atoms with Gasteiger partial charge in [0.25, 0.3) is 0 Å². The summed E-state index contributed by atoms with van der Waals surface area (Å²) in [4.78, 5) is 16.3. The van der Waals surface area contributed by atoms with Crippen molar-refractivity contribution < 1.29 is 10.2 Å². The summed E-state index contributed by atoms with van der Waals surface area (Å²) in [5.41, 5.74) is 4.78. The van der Waals surface area contributed by atoms with E-state index in [1.807, 2.05) is 38.2 Å². The molecule has 0 saturated heterocycles. The first-order valence-corrected chi connectivity index (χ1v) is 9.81. The number of hydrogen-bond acceptors (Lipinski definition) is 6. The van der Waals surface area contributed by atoms with Gasteiger partial charge in [-0.25, -0.2) is 4.99 Å². The average molecular weight is 404 g/mol. The van der Waals surface area contributed by atoms with Crippen LogP contribution in [0.1, 0.15) is 31.4 Å². The second-order valence-corrected chi connectivity index (χ2v) is 7.43. The summed E-state index contributed by atoms with van der Waals surface area (Å²) in [6, 6.07) is 5.69. The van der Waals surface area contributed by atoms with Crippen LogP contribution in [0.2, 0.25) is 0 Å². The highest BCUT2D eigenvalue weighted by molar-refractivity contribution is 6.13. The van der Waals surface area contributed by atoms with Crippen LogP contribution in [-0.4, -0.2) is 46.8 Å². The largest absolute Gasteiger partial charge is 0.494 e. The number of aliphatic imine (C=N–C) groups is 1. The van der Waals surface area contributed by atoms with Crippen LogP contribution in [0.4, 0.5) is 5.82 Å². The maximum atomic E-state index is 10.5. The summed E-state index contributed by atoms with van der Waals surface area (Å²) in [6.45, 7) is 6.22. The Morgan fingerprint density at radius 1 is 1.30 bits per heavy atom. The molecule has 0 bridgehead atoms. The van der Waals surface area contributed by atoms with Gasteiger partial charge in [0.2, 0.25) is 0 Å². The lowest BCUT2D eigenvalue weighted by molar-refractivity contribution is 0.176. The zero-order chi connectivity index (χ0) is 21.3. The molecule has 0 spiro atoms. The number of aliphatic hydroxyl groups excluding tert-OH is 1. The third kappa shape index (κ3) is 3.95. The maximum absolute atomic E-state index is 10.5. The number of H-pyrrole nitrogens is 1. The second kappa shape index (κ2) is 8.08. The topological polar surface area (TPSA) is 112 Å². The van der Waals surface area contributed by atoms with E-state index in [1.165, 1.54) is 0 Å². The van der Waals surface area contributed by atoms with Crippen molar-refractivity contribution in [3.05, 3.63) is 54.1 Å². The number of aromatic hydroxyl groups is 1. The van der Waals surface area contributed by atoms with Crippen molar-refractivity contribution in [3.8, 4) is 17.1 Å². The van der Waals surface area contributed by atoms with Crippen LogP contribution in [0, 0.1) is 6.92 Å². The molecule has 0 unspecified atom stereocenters. The highest BCUT2D eigenvalue weighted by Crippen LogP contribution is 2.31. The maximum Gasteiger partial charge on any atom is 0.198 e. The number of rotatable bonds is 6. The van der Waals surface area contributed by atoms with Gasteiger partial charge in [0.1, 0.15) is 0 Å². The van der Waals surface area contributed by atoms with Crippen LogP contribution in [-0.2, 0) is 6.54 Å². The van der Waals surface area contributed by atoms with Crippen molar-refractivity contribution in [2.24, 2.45) is 4.99 Å². The number of aryl methyl sites for hydroxylation is 2. The Hall–Kier alpha value is -3.52. The third-order valence-corrected chi connectivity index (χ3v) is 5.02. The zero-order valence-corrected chi connectivity index (χ0v) is 17.2. The minimum Gasteiger partial charge on any atom is -0.494 e. The first-order chi connectivity index (χ1) is 14.4. The van der Waals surface area contributed by atoms with E-state index in [0.717, 1.165) is 27.7 Å². The molecule has 4 aromatic rings. The van der Waals surface area contributed by atoms with Crippen LogP contribution in [0.15, 0.2) is 48.0 Å². The molecular weight excluding hydrogens is 380 g/mol. The molecule has 0 amide bonds. The fourth-order valence-corrected chi connectivity index (χ4v) is 3.41. The number of nitrogens with one attached hydrogen (secondary N) is 1. The fourth-order valence-electron chi connectivity index (χ4n) is 3.41. The molecule has 8 heteroatoms. The van der Waals surface area contributed by atoms with Gasteiger partial charge in [-0.15, -0.1) is 0 Å². The fraction of sp³-hybridized carbons (Fsp3) is 0.273. The summed E-state index contributed by atoms with van der Waals surface area (Å²) in [6.07, 6.45) is 7.32. The molecular formula is C22H24N6O2. The Morgan fingerprint density at radius 3 is 2.90 bits per heavy atom. The quantitative estimate of drug-likeness (QED) is 0.424. The Balaban J connectivity index is 1.71. The van der Waals surface area contributed by atoms with Gasteiger partial charge in [-0.1, -0.05) is 0 Å². The van der Waals surface area contributed by atoms with Crippen LogP contribution in [0.25, 0.3) is 22.2 Å². The number of fused-ring (bicyclic) bond motifs is 1. The minimum atomic E-state index is -0.377. The lowest BCUT2D eigenvalue weighted by atomic mass is 10.0. The Kier molecular flexibility index (Phi) is 5.33. The first-order valence-electron chi connectivity index (χ1n) is 9.81. The molecule has 8 nitrogen and oxygen atoms in total. The van der Waals surface area contributed by atoms with Crippen molar-refractivity contribution in [3.63, 3.8) is 0 Å². The van der Waals surface area contributed by atoms with E-state index in [9.17, 15) is 10.2 Å². The molecule has 0 radical (unpaired) electrons. The van der Waals surface area contributed by atoms with Gasteiger partial charge in [0, 0.05) is 42.2 Å². The average Bonchev–Trinajstić information content (AvgIpc) is 3.29. The van der Waals surface area contributed by atoms with Crippen LogP contribution >= 0.6 is 0 Å². The van der Waals surface area contributed by atoms with Gasteiger partial charge in [-0.3, -0.25) is 14.6 Å². The number of nitrogens with zero attached hydrogens (tertiary/aromatic N) is 5. The number of aromatic amines is 1. The van der Waals surface area contributed by atoms with Gasteiger partial charge in [0.05, 0.1) is 34.8 Å². The van der Waals surface area contributed by atoms with Crippen LogP contribution < -0.4 is 0 Å². The lowest BCUT2D eigenvalue weighted by Gasteiger charge is -2.05. The highest BCUT2D eigenvalue weighted by Gasteiger charge is 2.16. The molecule has 0 aliphatic carbocycles. The van der Waals surface area contributed by atoms with E-state index in [-0.39, 0.29) is 12.0 Å². The molecule has 4 heterocycles. The number of pyridine rings is 2. The molecule has 4 rings (SSSR count). The zero-order valence-electron chi connectivity index (χ0n) is 17.2. The van der Waals surface area contributed by atoms with E-state index in [1.54, 1.807) is 30.2 Å². The highest BCUT2D eigenvalue weighted by atomic mass is 16.3. The molecule has 0 aliphatic rings. The van der Waals surface area contributed by atoms with E-state index in [4.69, 9.17) is 0 Å². The SMILES string of the molecule is CC(=Nc1ccn(CC[C@H](C)O)n1)c1c(O)[nH]c2cnc(-c3cnccc3C)cc12. The van der Waals surface area contributed by atoms with Crippen LogP contribution in [0.5, 0.6) is 5.88 Å². The van der Waals surface area contributed by atoms with Gasteiger partial charge in [-0.2, -0.15) is 5.10 Å². The molecule has 30 heavy (non-hydrogen) atoms. The first kappa shape index (κ1) is 19.8. The summed E-state index contributed by atoms with van der Waals surface area (Å²) < 4.78 is 1.75. The molecule has 0 aromatic carbocycles. The molecule has 4 aromatic heterocycles. The number of aromatic nitrogens is 5. The standard InChI is InChI=1S/C22H24N6O2/c1-13-4-7-23-11-17(13)18-10-16-19(12-24-18)26-22(30)21(16)15(3)25-20-6-9-28(27-20)8-5-14(2)29/h4,6-7,9-12,14,26,29-30H,5,8H2,1-3H3/t14-/m0/s1. The summed E-state index contributed by atoms with van der Waals surface area (Å²) in [7, 11) is 0. The Morgan fingerprint density at radius 2 is 2.13 bits per heavy atom. The van der Waals surface area contributed by atoms with Gasteiger partial charge < -0.3 is 15.2 Å². The molecule has 3 N–H and O–H groups in total. The lowest BCUT2D eigenvalue weighted by Crippen LogP contribution is -2.07. The molecule has 0 fully saturated rings.